The number of halogens is 1. The van der Waals surface area contributed by atoms with Crippen LogP contribution in [-0.4, -0.2) is 17.1 Å². The fourth-order valence-electron chi connectivity index (χ4n) is 0.406. The van der Waals surface area contributed by atoms with Crippen molar-refractivity contribution >= 4 is 22.6 Å². The molecule has 1 unspecified atom stereocenters. The Kier molecular flexibility index (Phi) is 1.71. The standard InChI is InChI=1S/C4H7IO/c5-3-4-1-2-6-4/h4H,1-3H2. The number of hydrogen-bond acceptors (Lipinski definition) is 1. The first-order chi connectivity index (χ1) is 2.93. The van der Waals surface area contributed by atoms with E-state index in [4.69, 9.17) is 4.74 Å². The zero-order valence-electron chi connectivity index (χ0n) is 3.48. The Morgan fingerprint density at radius 2 is 2.50 bits per heavy atom. The number of alkyl halides is 1. The molecule has 36 valence electrons. The molecular weight excluding hydrogens is 191 g/mol. The van der Waals surface area contributed by atoms with Gasteiger partial charge in [0.25, 0.3) is 0 Å². The minimum atomic E-state index is 0.602. The van der Waals surface area contributed by atoms with Crippen LogP contribution < -0.4 is 0 Å². The molecule has 1 aliphatic rings. The van der Waals surface area contributed by atoms with Gasteiger partial charge in [-0.2, -0.15) is 0 Å². The molecule has 0 saturated carbocycles. The van der Waals surface area contributed by atoms with Crippen LogP contribution in [-0.2, 0) is 4.74 Å². The van der Waals surface area contributed by atoms with Crippen molar-refractivity contribution < 1.29 is 4.74 Å². The molecule has 1 atom stereocenters. The van der Waals surface area contributed by atoms with Gasteiger partial charge in [0.15, 0.2) is 0 Å². The molecule has 0 aromatic rings. The van der Waals surface area contributed by atoms with Crippen LogP contribution >= 0.6 is 22.6 Å². The predicted molar refractivity (Wildman–Crippen MR) is 33.2 cm³/mol. The quantitative estimate of drug-likeness (QED) is 0.454. The van der Waals surface area contributed by atoms with Crippen LogP contribution in [0.5, 0.6) is 0 Å². The van der Waals surface area contributed by atoms with Crippen molar-refractivity contribution in [2.45, 2.75) is 12.5 Å². The second kappa shape index (κ2) is 2.12. The molecule has 2 heteroatoms. The molecule has 0 radical (unpaired) electrons. The number of rotatable bonds is 1. The molecule has 0 N–H and O–H groups in total. The summed E-state index contributed by atoms with van der Waals surface area (Å²) in [5.41, 5.74) is 0. The molecule has 6 heavy (non-hydrogen) atoms. The van der Waals surface area contributed by atoms with Crippen molar-refractivity contribution in [3.63, 3.8) is 0 Å². The molecule has 0 aliphatic carbocycles. The van der Waals surface area contributed by atoms with Gasteiger partial charge in [-0.05, 0) is 6.42 Å². The largest absolute Gasteiger partial charge is 0.377 e. The lowest BCUT2D eigenvalue weighted by molar-refractivity contribution is -0.0325. The molecule has 0 bridgehead atoms. The third-order valence-corrected chi connectivity index (χ3v) is 1.95. The van der Waals surface area contributed by atoms with E-state index in [2.05, 4.69) is 22.6 Å². The molecular formula is C4H7IO. The molecule has 1 nitrogen and oxygen atoms in total. The Labute approximate surface area is 51.2 Å². The average molecular weight is 198 g/mol. The highest BCUT2D eigenvalue weighted by molar-refractivity contribution is 14.1. The van der Waals surface area contributed by atoms with E-state index in [9.17, 15) is 0 Å². The Balaban J connectivity index is 2.01. The topological polar surface area (TPSA) is 9.23 Å². The lowest BCUT2D eigenvalue weighted by Gasteiger charge is -2.23. The summed E-state index contributed by atoms with van der Waals surface area (Å²) in [6.45, 7) is 0.994. The molecule has 1 aliphatic heterocycles. The van der Waals surface area contributed by atoms with Gasteiger partial charge in [-0.3, -0.25) is 0 Å². The summed E-state index contributed by atoms with van der Waals surface area (Å²) in [6.07, 6.45) is 1.88. The third kappa shape index (κ3) is 0.846. The van der Waals surface area contributed by atoms with Crippen molar-refractivity contribution in [1.29, 1.82) is 0 Å². The van der Waals surface area contributed by atoms with Crippen LogP contribution in [0.1, 0.15) is 6.42 Å². The van der Waals surface area contributed by atoms with Gasteiger partial charge in [-0.1, -0.05) is 22.6 Å². The fraction of sp³-hybridized carbons (Fsp3) is 1.00. The minimum Gasteiger partial charge on any atom is -0.377 e. The minimum absolute atomic E-state index is 0.602. The van der Waals surface area contributed by atoms with Gasteiger partial charge in [-0.15, -0.1) is 0 Å². The molecule has 0 spiro atoms. The maximum absolute atomic E-state index is 5.07. The van der Waals surface area contributed by atoms with Crippen molar-refractivity contribution in [3.8, 4) is 0 Å². The molecule has 1 saturated heterocycles. The first kappa shape index (κ1) is 4.84. The molecule has 1 heterocycles. The van der Waals surface area contributed by atoms with Gasteiger partial charge in [0.05, 0.1) is 6.10 Å². The van der Waals surface area contributed by atoms with Gasteiger partial charge >= 0.3 is 0 Å². The smallest absolute Gasteiger partial charge is 0.0686 e. The maximum Gasteiger partial charge on any atom is 0.0686 e. The van der Waals surface area contributed by atoms with E-state index < -0.39 is 0 Å². The lowest BCUT2D eigenvalue weighted by Crippen LogP contribution is -2.27. The van der Waals surface area contributed by atoms with Crippen LogP contribution in [0, 0.1) is 0 Å². The Hall–Kier alpha value is 0.690. The van der Waals surface area contributed by atoms with Crippen LogP contribution in [0.3, 0.4) is 0 Å². The molecule has 0 aromatic carbocycles. The highest BCUT2D eigenvalue weighted by Crippen LogP contribution is 2.12. The van der Waals surface area contributed by atoms with Crippen molar-refractivity contribution in [3.05, 3.63) is 0 Å². The van der Waals surface area contributed by atoms with Gasteiger partial charge in [0, 0.05) is 11.0 Å². The van der Waals surface area contributed by atoms with Gasteiger partial charge in [-0.25, -0.2) is 0 Å². The summed E-state index contributed by atoms with van der Waals surface area (Å²) in [5.74, 6) is 0. The van der Waals surface area contributed by atoms with Crippen LogP contribution in [0.4, 0.5) is 0 Å². The van der Waals surface area contributed by atoms with E-state index in [0.29, 0.717) is 6.10 Å². The third-order valence-electron chi connectivity index (χ3n) is 0.965. The molecule has 0 amide bonds. The normalized spacial score (nSPS) is 32.5. The summed E-state index contributed by atoms with van der Waals surface area (Å²) in [4.78, 5) is 0. The summed E-state index contributed by atoms with van der Waals surface area (Å²) in [6, 6.07) is 0. The first-order valence-corrected chi connectivity index (χ1v) is 3.63. The van der Waals surface area contributed by atoms with E-state index in [1.807, 2.05) is 0 Å². The molecule has 1 rings (SSSR count). The number of hydrogen-bond donors (Lipinski definition) is 0. The second-order valence-corrected chi connectivity index (χ2v) is 2.32. The average Bonchev–Trinajstić information content (AvgIpc) is 1.31. The Morgan fingerprint density at radius 3 is 2.50 bits per heavy atom. The van der Waals surface area contributed by atoms with E-state index in [-0.39, 0.29) is 0 Å². The number of ether oxygens (including phenoxy) is 1. The van der Waals surface area contributed by atoms with Crippen molar-refractivity contribution in [1.82, 2.24) is 0 Å². The van der Waals surface area contributed by atoms with Gasteiger partial charge < -0.3 is 4.74 Å². The van der Waals surface area contributed by atoms with E-state index in [0.717, 1.165) is 11.0 Å². The van der Waals surface area contributed by atoms with Gasteiger partial charge in [0.1, 0.15) is 0 Å². The lowest BCUT2D eigenvalue weighted by atomic mass is 10.2. The fourth-order valence-corrected chi connectivity index (χ4v) is 1.10. The maximum atomic E-state index is 5.07. The van der Waals surface area contributed by atoms with E-state index in [1.54, 1.807) is 0 Å². The van der Waals surface area contributed by atoms with Crippen LogP contribution in [0.15, 0.2) is 0 Å². The Morgan fingerprint density at radius 1 is 1.83 bits per heavy atom. The van der Waals surface area contributed by atoms with Gasteiger partial charge in [0.2, 0.25) is 0 Å². The van der Waals surface area contributed by atoms with Crippen molar-refractivity contribution in [2.75, 3.05) is 11.0 Å². The first-order valence-electron chi connectivity index (χ1n) is 2.11. The van der Waals surface area contributed by atoms with Crippen molar-refractivity contribution in [2.24, 2.45) is 0 Å². The second-order valence-electron chi connectivity index (χ2n) is 1.44. The highest BCUT2D eigenvalue weighted by Gasteiger charge is 2.14. The van der Waals surface area contributed by atoms with Crippen LogP contribution in [0.2, 0.25) is 0 Å². The predicted octanol–water partition coefficient (Wildman–Crippen LogP) is 1.21. The SMILES string of the molecule is ICC1CCO1. The summed E-state index contributed by atoms with van der Waals surface area (Å²) in [5, 5.41) is 0. The Bertz CT molecular complexity index is 40.1. The monoisotopic (exact) mass is 198 g/mol. The highest BCUT2D eigenvalue weighted by atomic mass is 127. The molecule has 0 aromatic heterocycles. The zero-order valence-corrected chi connectivity index (χ0v) is 5.64. The molecule has 1 fully saturated rings. The summed E-state index contributed by atoms with van der Waals surface area (Å²) >= 11 is 2.34. The summed E-state index contributed by atoms with van der Waals surface area (Å²) in [7, 11) is 0. The van der Waals surface area contributed by atoms with E-state index in [1.165, 1.54) is 6.42 Å². The summed E-state index contributed by atoms with van der Waals surface area (Å²) < 4.78 is 6.24. The van der Waals surface area contributed by atoms with Crippen LogP contribution in [0.25, 0.3) is 0 Å². The van der Waals surface area contributed by atoms with E-state index >= 15 is 0 Å². The zero-order chi connectivity index (χ0) is 4.41.